The normalized spacial score (nSPS) is 34.3. The molecule has 3 fully saturated rings. The second-order valence-corrected chi connectivity index (χ2v) is 10.4. The Morgan fingerprint density at radius 2 is 1.79 bits per heavy atom. The highest BCUT2D eigenvalue weighted by Crippen LogP contribution is 2.30. The van der Waals surface area contributed by atoms with Crippen LogP contribution in [0.25, 0.3) is 0 Å². The number of aliphatic hydroxyl groups excluding tert-OH is 1. The summed E-state index contributed by atoms with van der Waals surface area (Å²) in [5.41, 5.74) is -0.655. The van der Waals surface area contributed by atoms with Crippen molar-refractivity contribution < 1.29 is 38.3 Å². The highest BCUT2D eigenvalue weighted by molar-refractivity contribution is 8.76. The molecule has 4 rings (SSSR count). The van der Waals surface area contributed by atoms with Crippen LogP contribution in [-0.4, -0.2) is 90.5 Å². The summed E-state index contributed by atoms with van der Waals surface area (Å²) in [6, 6.07) is 0. The van der Waals surface area contributed by atoms with Crippen LogP contribution in [-0.2, 0) is 33.2 Å². The van der Waals surface area contributed by atoms with Gasteiger partial charge in [0, 0.05) is 36.8 Å². The Kier molecular flexibility index (Phi) is 8.89. The third-order valence-electron chi connectivity index (χ3n) is 5.28. The molecule has 1 aromatic rings. The molecule has 12 nitrogen and oxygen atoms in total. The summed E-state index contributed by atoms with van der Waals surface area (Å²) in [6.07, 6.45) is -0.688. The lowest BCUT2D eigenvalue weighted by Crippen LogP contribution is -2.33. The number of hydrogen-bond acceptors (Lipinski definition) is 12. The second-order valence-electron chi connectivity index (χ2n) is 7.81. The van der Waals surface area contributed by atoms with Gasteiger partial charge in [-0.1, -0.05) is 21.6 Å². The number of methoxy groups -OCH3 is 1. The summed E-state index contributed by atoms with van der Waals surface area (Å²) in [5, 5.41) is 10.3. The van der Waals surface area contributed by atoms with Gasteiger partial charge in [-0.15, -0.1) is 0 Å². The van der Waals surface area contributed by atoms with Crippen LogP contribution in [0.1, 0.15) is 18.2 Å². The highest BCUT2D eigenvalue weighted by atomic mass is 33.1. The van der Waals surface area contributed by atoms with Crippen molar-refractivity contribution in [1.82, 2.24) is 9.55 Å². The number of aromatic amines is 1. The Hall–Kier alpha value is -0.940. The van der Waals surface area contributed by atoms with Crippen LogP contribution in [0.3, 0.4) is 0 Å². The van der Waals surface area contributed by atoms with E-state index in [0.29, 0.717) is 24.5 Å². The van der Waals surface area contributed by atoms with Crippen molar-refractivity contribution in [3.8, 4) is 0 Å². The zero-order valence-corrected chi connectivity index (χ0v) is 19.9. The average Bonchev–Trinajstić information content (AvgIpc) is 3.52. The van der Waals surface area contributed by atoms with Crippen LogP contribution in [0.5, 0.6) is 0 Å². The molecule has 4 unspecified atom stereocenters. The van der Waals surface area contributed by atoms with Crippen molar-refractivity contribution in [3.63, 3.8) is 0 Å². The summed E-state index contributed by atoms with van der Waals surface area (Å²) in [4.78, 5) is 25.8. The van der Waals surface area contributed by atoms with E-state index in [1.54, 1.807) is 28.5 Å². The van der Waals surface area contributed by atoms with Crippen LogP contribution in [0.15, 0.2) is 15.8 Å². The van der Waals surface area contributed by atoms with Gasteiger partial charge in [-0.3, -0.25) is 14.3 Å². The van der Waals surface area contributed by atoms with Crippen molar-refractivity contribution in [2.45, 2.75) is 56.9 Å². The first kappa shape index (κ1) is 25.2. The third kappa shape index (κ3) is 6.60. The number of aromatic nitrogens is 2. The first-order chi connectivity index (χ1) is 15.9. The van der Waals surface area contributed by atoms with E-state index in [-0.39, 0.29) is 25.2 Å². The fourth-order valence-electron chi connectivity index (χ4n) is 3.49. The first-order valence-electron chi connectivity index (χ1n) is 10.5. The standard InChI is InChI=1S/C19H28N2O10S2/c1-10-4-21(17(24)20-16(10)23)15-3-13(22)14(31-15)7-28-19-27-6-12(30-19)9-33-32-8-11-5-26-18(25-2)29-11/h4,11-15,18-19,22H,3,5-9H2,1-2H3,(H,20,23,24)/t11?,12?,13-,14-,15-,18?,19?/m1/s1. The number of aliphatic hydroxyl groups is 1. The van der Waals surface area contributed by atoms with E-state index in [0.717, 1.165) is 5.75 Å². The van der Waals surface area contributed by atoms with E-state index in [9.17, 15) is 14.7 Å². The summed E-state index contributed by atoms with van der Waals surface area (Å²) < 4.78 is 39.7. The minimum atomic E-state index is -0.845. The predicted octanol–water partition coefficient (Wildman–Crippen LogP) is -0.0642. The van der Waals surface area contributed by atoms with Crippen molar-refractivity contribution in [2.24, 2.45) is 0 Å². The average molecular weight is 509 g/mol. The number of nitrogens with one attached hydrogen (secondary N) is 1. The summed E-state index contributed by atoms with van der Waals surface area (Å²) in [5.74, 6) is 1.49. The Bertz CT molecular complexity index is 898. The molecule has 7 atom stereocenters. The summed E-state index contributed by atoms with van der Waals surface area (Å²) in [6.45, 7) is 1.11. The molecule has 186 valence electrons. The van der Waals surface area contributed by atoms with Gasteiger partial charge in [0.15, 0.2) is 0 Å². The van der Waals surface area contributed by atoms with E-state index in [4.69, 9.17) is 33.2 Å². The quantitative estimate of drug-likeness (QED) is 0.323. The monoisotopic (exact) mass is 508 g/mol. The van der Waals surface area contributed by atoms with Crippen molar-refractivity contribution in [3.05, 3.63) is 32.6 Å². The van der Waals surface area contributed by atoms with E-state index in [1.807, 2.05) is 0 Å². The van der Waals surface area contributed by atoms with Crippen molar-refractivity contribution in [2.75, 3.05) is 38.4 Å². The second kappa shape index (κ2) is 11.7. The van der Waals surface area contributed by atoms with Gasteiger partial charge >= 0.3 is 5.69 Å². The molecular weight excluding hydrogens is 480 g/mol. The molecule has 0 bridgehead atoms. The van der Waals surface area contributed by atoms with Gasteiger partial charge in [-0.2, -0.15) is 0 Å². The molecule has 0 radical (unpaired) electrons. The van der Waals surface area contributed by atoms with Crippen LogP contribution >= 0.6 is 21.6 Å². The molecule has 3 saturated heterocycles. The molecule has 14 heteroatoms. The molecular formula is C19H28N2O10S2. The Morgan fingerprint density at radius 1 is 1.12 bits per heavy atom. The zero-order chi connectivity index (χ0) is 23.4. The maximum atomic E-state index is 12.1. The van der Waals surface area contributed by atoms with Crippen LogP contribution < -0.4 is 11.2 Å². The van der Waals surface area contributed by atoms with Crippen LogP contribution in [0.2, 0.25) is 0 Å². The fraction of sp³-hybridized carbons (Fsp3) is 0.789. The van der Waals surface area contributed by atoms with E-state index in [1.165, 1.54) is 17.9 Å². The molecule has 3 aliphatic rings. The number of nitrogens with zero attached hydrogens (tertiary/aromatic N) is 1. The minimum absolute atomic E-state index is 0.00171. The Morgan fingerprint density at radius 3 is 2.45 bits per heavy atom. The van der Waals surface area contributed by atoms with Gasteiger partial charge in [-0.05, 0) is 6.92 Å². The van der Waals surface area contributed by atoms with Gasteiger partial charge in [0.1, 0.15) is 12.3 Å². The number of rotatable bonds is 10. The molecule has 4 heterocycles. The van der Waals surface area contributed by atoms with Gasteiger partial charge in [0.05, 0.1) is 38.1 Å². The molecule has 2 N–H and O–H groups in total. The highest BCUT2D eigenvalue weighted by Gasteiger charge is 2.37. The predicted molar refractivity (Wildman–Crippen MR) is 118 cm³/mol. The molecule has 1 aromatic heterocycles. The van der Waals surface area contributed by atoms with Gasteiger partial charge < -0.3 is 38.3 Å². The SMILES string of the molecule is COC1OCC(CSSCC2COC(OC[C@H]3O[C@@H](n4cc(C)c(=O)[nH]c4=O)C[C@H]3O)O2)O1. The fourth-order valence-corrected chi connectivity index (χ4v) is 5.82. The van der Waals surface area contributed by atoms with Crippen LogP contribution in [0.4, 0.5) is 0 Å². The summed E-state index contributed by atoms with van der Waals surface area (Å²) >= 11 is 0. The van der Waals surface area contributed by atoms with Crippen LogP contribution in [0, 0.1) is 6.92 Å². The maximum absolute atomic E-state index is 12.1. The van der Waals surface area contributed by atoms with E-state index in [2.05, 4.69) is 4.98 Å². The topological polar surface area (TPSA) is 140 Å². The zero-order valence-electron chi connectivity index (χ0n) is 18.2. The Labute approximate surface area is 197 Å². The number of ether oxygens (including phenoxy) is 7. The van der Waals surface area contributed by atoms with Crippen molar-refractivity contribution >= 4 is 21.6 Å². The largest absolute Gasteiger partial charge is 0.390 e. The Balaban J connectivity index is 1.14. The lowest BCUT2D eigenvalue weighted by atomic mass is 10.2. The molecule has 0 saturated carbocycles. The molecule has 3 aliphatic heterocycles. The molecule has 0 spiro atoms. The lowest BCUT2D eigenvalue weighted by molar-refractivity contribution is -0.249. The van der Waals surface area contributed by atoms with Gasteiger partial charge in [0.2, 0.25) is 0 Å². The summed E-state index contributed by atoms with van der Waals surface area (Å²) in [7, 11) is 4.85. The van der Waals surface area contributed by atoms with Crippen molar-refractivity contribution in [1.29, 1.82) is 0 Å². The number of hydrogen-bond donors (Lipinski definition) is 2. The third-order valence-corrected chi connectivity index (χ3v) is 7.78. The van der Waals surface area contributed by atoms with E-state index >= 15 is 0 Å². The van der Waals surface area contributed by atoms with Gasteiger partial charge in [0.25, 0.3) is 18.5 Å². The maximum Gasteiger partial charge on any atom is 0.330 e. The van der Waals surface area contributed by atoms with E-state index < -0.39 is 42.6 Å². The van der Waals surface area contributed by atoms with Gasteiger partial charge in [-0.25, -0.2) is 4.79 Å². The molecule has 33 heavy (non-hydrogen) atoms. The first-order valence-corrected chi connectivity index (χ1v) is 13.0. The smallest absolute Gasteiger partial charge is 0.330 e. The molecule has 0 aromatic carbocycles. The lowest BCUT2D eigenvalue weighted by Gasteiger charge is -2.18. The molecule has 0 amide bonds. The minimum Gasteiger partial charge on any atom is -0.390 e. The number of H-pyrrole nitrogens is 1. The molecule has 0 aliphatic carbocycles. The number of aryl methyl sites for hydroxylation is 1.